The van der Waals surface area contributed by atoms with Crippen molar-refractivity contribution in [3.8, 4) is 0 Å². The predicted octanol–water partition coefficient (Wildman–Crippen LogP) is 0.868. The van der Waals surface area contributed by atoms with Crippen molar-refractivity contribution in [2.24, 2.45) is 5.73 Å². The van der Waals surface area contributed by atoms with Crippen LogP contribution in [0.4, 0.5) is 8.78 Å². The molecule has 0 aromatic heterocycles. The van der Waals surface area contributed by atoms with E-state index >= 15 is 0 Å². The Balaban J connectivity index is 2.67. The summed E-state index contributed by atoms with van der Waals surface area (Å²) in [6, 6.07) is -0.0870. The second kappa shape index (κ2) is 6.77. The zero-order chi connectivity index (χ0) is 13.8. The number of nitrogens with two attached hydrogens (primary N) is 1. The van der Waals surface area contributed by atoms with Gasteiger partial charge in [0.05, 0.1) is 11.8 Å². The van der Waals surface area contributed by atoms with Crippen LogP contribution in [0.1, 0.15) is 25.7 Å². The fourth-order valence-electron chi connectivity index (χ4n) is 2.61. The second-order valence-corrected chi connectivity index (χ2v) is 7.27. The molecule has 0 aromatic rings. The first kappa shape index (κ1) is 15.8. The zero-order valence-electron chi connectivity index (χ0n) is 10.7. The minimum atomic E-state index is -3.08. The van der Waals surface area contributed by atoms with E-state index < -0.39 is 21.5 Å². The van der Waals surface area contributed by atoms with E-state index in [1.54, 1.807) is 4.90 Å². The van der Waals surface area contributed by atoms with E-state index in [0.717, 1.165) is 12.8 Å². The lowest BCUT2D eigenvalue weighted by molar-refractivity contribution is 0.0568. The van der Waals surface area contributed by atoms with Crippen LogP contribution in [-0.2, 0) is 9.84 Å². The van der Waals surface area contributed by atoms with Gasteiger partial charge in [0.1, 0.15) is 9.84 Å². The van der Waals surface area contributed by atoms with E-state index in [4.69, 9.17) is 5.73 Å². The number of hydrogen-bond acceptors (Lipinski definition) is 4. The van der Waals surface area contributed by atoms with Crippen molar-refractivity contribution in [2.45, 2.75) is 43.4 Å². The molecule has 2 N–H and O–H groups in total. The van der Waals surface area contributed by atoms with Crippen LogP contribution in [0.15, 0.2) is 0 Å². The predicted molar refractivity (Wildman–Crippen MR) is 67.5 cm³/mol. The van der Waals surface area contributed by atoms with Crippen molar-refractivity contribution in [1.29, 1.82) is 0 Å². The van der Waals surface area contributed by atoms with Crippen LogP contribution in [0.25, 0.3) is 0 Å². The van der Waals surface area contributed by atoms with Crippen molar-refractivity contribution in [2.75, 3.05) is 25.9 Å². The minimum Gasteiger partial charge on any atom is -0.329 e. The summed E-state index contributed by atoms with van der Waals surface area (Å²) >= 11 is 0. The molecule has 1 rings (SSSR count). The van der Waals surface area contributed by atoms with Crippen LogP contribution in [0, 0.1) is 0 Å². The molecule has 7 heteroatoms. The standard InChI is InChI=1S/C11H22F2N2O2S/c1-18(16,17)10-4-2-3-9(7-10)15(6-5-14)8-11(12)13/h9-11H,2-8,14H2,1H3. The summed E-state index contributed by atoms with van der Waals surface area (Å²) in [5, 5.41) is -0.394. The highest BCUT2D eigenvalue weighted by Gasteiger charge is 2.32. The van der Waals surface area contributed by atoms with Gasteiger partial charge in [0.15, 0.2) is 0 Å². The summed E-state index contributed by atoms with van der Waals surface area (Å²) in [4.78, 5) is 1.64. The first-order chi connectivity index (χ1) is 8.34. The summed E-state index contributed by atoms with van der Waals surface area (Å²) < 4.78 is 48.1. The number of halogens is 2. The molecule has 0 bridgehead atoms. The van der Waals surface area contributed by atoms with Crippen molar-refractivity contribution in [1.82, 2.24) is 4.90 Å². The van der Waals surface area contributed by atoms with Gasteiger partial charge in [0.2, 0.25) is 0 Å². The largest absolute Gasteiger partial charge is 0.329 e. The van der Waals surface area contributed by atoms with Crippen molar-refractivity contribution in [3.05, 3.63) is 0 Å². The number of rotatable bonds is 6. The summed E-state index contributed by atoms with van der Waals surface area (Å²) in [7, 11) is -3.08. The maximum absolute atomic E-state index is 12.5. The quantitative estimate of drug-likeness (QED) is 0.786. The van der Waals surface area contributed by atoms with Crippen LogP contribution < -0.4 is 5.73 Å². The van der Waals surface area contributed by atoms with Gasteiger partial charge in [-0.25, -0.2) is 17.2 Å². The van der Waals surface area contributed by atoms with E-state index in [-0.39, 0.29) is 12.6 Å². The Hall–Kier alpha value is -0.270. The van der Waals surface area contributed by atoms with Gasteiger partial charge in [-0.1, -0.05) is 6.42 Å². The molecule has 2 atom stereocenters. The molecule has 1 aliphatic carbocycles. The molecule has 0 amide bonds. The van der Waals surface area contributed by atoms with Gasteiger partial charge in [0, 0.05) is 25.4 Å². The highest BCUT2D eigenvalue weighted by molar-refractivity contribution is 7.91. The second-order valence-electron chi connectivity index (χ2n) is 4.95. The molecular formula is C11H22F2N2O2S. The smallest absolute Gasteiger partial charge is 0.251 e. The molecule has 2 unspecified atom stereocenters. The van der Waals surface area contributed by atoms with Crippen LogP contribution in [-0.4, -0.2) is 56.9 Å². The van der Waals surface area contributed by atoms with E-state index in [1.807, 2.05) is 0 Å². The maximum atomic E-state index is 12.5. The Morgan fingerprint density at radius 1 is 1.39 bits per heavy atom. The molecule has 0 radical (unpaired) electrons. The highest BCUT2D eigenvalue weighted by Crippen LogP contribution is 2.27. The average molecular weight is 284 g/mol. The van der Waals surface area contributed by atoms with Gasteiger partial charge in [0.25, 0.3) is 6.43 Å². The summed E-state index contributed by atoms with van der Waals surface area (Å²) in [6.07, 6.45) is 1.45. The van der Waals surface area contributed by atoms with Crippen molar-refractivity contribution >= 4 is 9.84 Å². The van der Waals surface area contributed by atoms with Crippen LogP contribution in [0.2, 0.25) is 0 Å². The van der Waals surface area contributed by atoms with Gasteiger partial charge in [-0.05, 0) is 19.3 Å². The average Bonchev–Trinajstić information content (AvgIpc) is 2.27. The molecule has 0 aliphatic heterocycles. The summed E-state index contributed by atoms with van der Waals surface area (Å²) in [5.74, 6) is 0. The van der Waals surface area contributed by atoms with Crippen molar-refractivity contribution in [3.63, 3.8) is 0 Å². The maximum Gasteiger partial charge on any atom is 0.251 e. The van der Waals surface area contributed by atoms with Gasteiger partial charge in [-0.2, -0.15) is 0 Å². The highest BCUT2D eigenvalue weighted by atomic mass is 32.2. The Morgan fingerprint density at radius 2 is 2.06 bits per heavy atom. The molecule has 0 aromatic carbocycles. The Morgan fingerprint density at radius 3 is 2.56 bits per heavy atom. The van der Waals surface area contributed by atoms with Crippen molar-refractivity contribution < 1.29 is 17.2 Å². The fraction of sp³-hybridized carbons (Fsp3) is 1.00. The number of sulfone groups is 1. The van der Waals surface area contributed by atoms with Crippen LogP contribution >= 0.6 is 0 Å². The lowest BCUT2D eigenvalue weighted by Gasteiger charge is -2.36. The Bertz CT molecular complexity index is 349. The SMILES string of the molecule is CS(=O)(=O)C1CCCC(N(CCN)CC(F)F)C1. The molecule has 0 spiro atoms. The third-order valence-electron chi connectivity index (χ3n) is 3.51. The number of hydrogen-bond donors (Lipinski definition) is 1. The third kappa shape index (κ3) is 4.78. The zero-order valence-corrected chi connectivity index (χ0v) is 11.5. The first-order valence-electron chi connectivity index (χ1n) is 6.25. The van der Waals surface area contributed by atoms with E-state index in [1.165, 1.54) is 6.26 Å². The Kier molecular flexibility index (Phi) is 5.94. The summed E-state index contributed by atoms with van der Waals surface area (Å²) in [6.45, 7) is 0.386. The van der Waals surface area contributed by atoms with Crippen LogP contribution in [0.5, 0.6) is 0 Å². The monoisotopic (exact) mass is 284 g/mol. The molecule has 1 aliphatic rings. The van der Waals surface area contributed by atoms with E-state index in [2.05, 4.69) is 0 Å². The lowest BCUT2D eigenvalue weighted by atomic mass is 9.93. The minimum absolute atomic E-state index is 0.0870. The van der Waals surface area contributed by atoms with Gasteiger partial charge in [-0.3, -0.25) is 4.90 Å². The van der Waals surface area contributed by atoms with Gasteiger partial charge < -0.3 is 5.73 Å². The normalized spacial score (nSPS) is 25.9. The lowest BCUT2D eigenvalue weighted by Crippen LogP contribution is -2.46. The molecule has 0 saturated heterocycles. The molecule has 1 saturated carbocycles. The third-order valence-corrected chi connectivity index (χ3v) is 5.15. The van der Waals surface area contributed by atoms with E-state index in [0.29, 0.717) is 25.9 Å². The molecule has 4 nitrogen and oxygen atoms in total. The number of alkyl halides is 2. The molecule has 0 heterocycles. The topological polar surface area (TPSA) is 63.4 Å². The molecule has 108 valence electrons. The van der Waals surface area contributed by atoms with Crippen LogP contribution in [0.3, 0.4) is 0 Å². The molecular weight excluding hydrogens is 262 g/mol. The van der Waals surface area contributed by atoms with Gasteiger partial charge in [-0.15, -0.1) is 0 Å². The van der Waals surface area contributed by atoms with E-state index in [9.17, 15) is 17.2 Å². The molecule has 1 fully saturated rings. The summed E-state index contributed by atoms with van der Waals surface area (Å²) in [5.41, 5.74) is 5.43. The Labute approximate surface area is 107 Å². The first-order valence-corrected chi connectivity index (χ1v) is 8.21. The van der Waals surface area contributed by atoms with Gasteiger partial charge >= 0.3 is 0 Å². The molecule has 18 heavy (non-hydrogen) atoms. The number of nitrogens with zero attached hydrogens (tertiary/aromatic N) is 1. The fourth-order valence-corrected chi connectivity index (χ4v) is 3.77.